The Morgan fingerprint density at radius 1 is 1.38 bits per heavy atom. The van der Waals surface area contributed by atoms with Gasteiger partial charge in [-0.25, -0.2) is 0 Å². The lowest BCUT2D eigenvalue weighted by molar-refractivity contribution is 0.0955. The van der Waals surface area contributed by atoms with Crippen LogP contribution in [0.2, 0.25) is 0 Å². The second kappa shape index (κ2) is 7.92. The zero-order valence-corrected chi connectivity index (χ0v) is 13.9. The highest BCUT2D eigenvalue weighted by molar-refractivity contribution is 7.99. The molecule has 0 radical (unpaired) electrons. The Labute approximate surface area is 132 Å². The van der Waals surface area contributed by atoms with Crippen molar-refractivity contribution in [3.63, 3.8) is 0 Å². The van der Waals surface area contributed by atoms with Crippen LogP contribution in [-0.2, 0) is 0 Å². The van der Waals surface area contributed by atoms with Gasteiger partial charge in [-0.15, -0.1) is 0 Å². The Morgan fingerprint density at radius 2 is 2.05 bits per heavy atom. The van der Waals surface area contributed by atoms with E-state index in [9.17, 15) is 5.11 Å². The number of aliphatic hydroxyl groups excluding tert-OH is 1. The number of aliphatic hydroxyl groups is 1. The first kappa shape index (κ1) is 16.5. The number of nitrogens with one attached hydrogen (secondary N) is 1. The van der Waals surface area contributed by atoms with E-state index in [0.717, 1.165) is 17.4 Å². The van der Waals surface area contributed by atoms with Crippen LogP contribution in [0.15, 0.2) is 24.3 Å². The van der Waals surface area contributed by atoms with E-state index in [-0.39, 0.29) is 0 Å². The van der Waals surface area contributed by atoms with Gasteiger partial charge in [0.05, 0.1) is 0 Å². The lowest BCUT2D eigenvalue weighted by Crippen LogP contribution is -2.44. The van der Waals surface area contributed by atoms with Gasteiger partial charge >= 0.3 is 0 Å². The molecule has 1 aliphatic rings. The highest BCUT2D eigenvalue weighted by Gasteiger charge is 2.25. The summed E-state index contributed by atoms with van der Waals surface area (Å²) in [4.78, 5) is 0. The first-order chi connectivity index (χ1) is 10.1. The van der Waals surface area contributed by atoms with Crippen molar-refractivity contribution >= 4 is 17.6 Å². The molecule has 118 valence electrons. The van der Waals surface area contributed by atoms with E-state index in [1.807, 2.05) is 37.6 Å². The van der Waals surface area contributed by atoms with Gasteiger partial charge in [0.25, 0.3) is 0 Å². The molecule has 0 saturated heterocycles. The first-order valence-electron chi connectivity index (χ1n) is 7.50. The summed E-state index contributed by atoms with van der Waals surface area (Å²) in [6, 6.07) is 8.50. The van der Waals surface area contributed by atoms with Crippen LogP contribution in [0.25, 0.3) is 0 Å². The molecule has 1 atom stereocenters. The van der Waals surface area contributed by atoms with Gasteiger partial charge in [-0.3, -0.25) is 0 Å². The fraction of sp³-hybridized carbons (Fsp3) is 0.625. The maximum absolute atomic E-state index is 9.93. The summed E-state index contributed by atoms with van der Waals surface area (Å²) in [6.45, 7) is 3.19. The molecular weight excluding hydrogens is 284 g/mol. The Kier molecular flexibility index (Phi) is 6.21. The molecule has 4 nitrogen and oxygen atoms in total. The molecule has 0 aliphatic heterocycles. The average Bonchev–Trinajstić information content (AvgIpc) is 2.48. The van der Waals surface area contributed by atoms with Crippen LogP contribution in [0.3, 0.4) is 0 Å². The number of ether oxygens (including phenoxy) is 1. The summed E-state index contributed by atoms with van der Waals surface area (Å²) in [6.07, 6.45) is 4.02. The van der Waals surface area contributed by atoms with Crippen LogP contribution < -0.4 is 14.4 Å². The Balaban J connectivity index is 1.67. The van der Waals surface area contributed by atoms with Crippen LogP contribution >= 0.6 is 11.9 Å². The van der Waals surface area contributed by atoms with Crippen molar-refractivity contribution in [2.24, 2.45) is 5.92 Å². The molecule has 0 heterocycles. The van der Waals surface area contributed by atoms with Crippen molar-refractivity contribution in [1.29, 1.82) is 0 Å². The van der Waals surface area contributed by atoms with E-state index in [2.05, 4.69) is 16.5 Å². The predicted molar refractivity (Wildman–Crippen MR) is 90.1 cm³/mol. The van der Waals surface area contributed by atoms with E-state index in [1.165, 1.54) is 12.8 Å². The van der Waals surface area contributed by atoms with Crippen LogP contribution in [0.5, 0.6) is 5.75 Å². The van der Waals surface area contributed by atoms with Crippen LogP contribution in [-0.4, -0.2) is 43.7 Å². The van der Waals surface area contributed by atoms with Crippen LogP contribution in [0, 0.1) is 5.92 Å². The molecule has 1 unspecified atom stereocenters. The first-order valence-corrected chi connectivity index (χ1v) is 8.68. The minimum atomic E-state index is -0.463. The summed E-state index contributed by atoms with van der Waals surface area (Å²) in [5, 5.41) is 13.3. The van der Waals surface area contributed by atoms with Gasteiger partial charge in [0, 0.05) is 31.6 Å². The average molecular weight is 310 g/mol. The van der Waals surface area contributed by atoms with Gasteiger partial charge in [0.2, 0.25) is 0 Å². The molecule has 0 aromatic heterocycles. The van der Waals surface area contributed by atoms with Crippen LogP contribution in [0.1, 0.15) is 19.8 Å². The Bertz CT molecular complexity index is 421. The maximum atomic E-state index is 9.93. The van der Waals surface area contributed by atoms with Crippen molar-refractivity contribution in [3.05, 3.63) is 24.3 Å². The monoisotopic (exact) mass is 310 g/mol. The lowest BCUT2D eigenvalue weighted by Gasteiger charge is -2.34. The van der Waals surface area contributed by atoms with Crippen molar-refractivity contribution < 1.29 is 9.84 Å². The van der Waals surface area contributed by atoms with E-state index < -0.39 is 6.10 Å². The molecule has 1 aromatic rings. The number of nitrogens with zero attached hydrogens (tertiary/aromatic N) is 1. The van der Waals surface area contributed by atoms with Crippen molar-refractivity contribution in [3.8, 4) is 5.75 Å². The quantitative estimate of drug-likeness (QED) is 0.723. The van der Waals surface area contributed by atoms with E-state index in [0.29, 0.717) is 19.2 Å². The number of benzene rings is 1. The molecule has 5 heteroatoms. The van der Waals surface area contributed by atoms with E-state index in [4.69, 9.17) is 4.74 Å². The second-order valence-electron chi connectivity index (χ2n) is 5.82. The van der Waals surface area contributed by atoms with Crippen molar-refractivity contribution in [2.75, 3.05) is 30.8 Å². The maximum Gasteiger partial charge on any atom is 0.119 e. The third kappa shape index (κ3) is 5.09. The number of anilines is 1. The van der Waals surface area contributed by atoms with Gasteiger partial charge < -0.3 is 19.5 Å². The van der Waals surface area contributed by atoms with Gasteiger partial charge in [0.1, 0.15) is 18.5 Å². The summed E-state index contributed by atoms with van der Waals surface area (Å²) in [5.41, 5.74) is 1.14. The third-order valence-electron chi connectivity index (χ3n) is 3.93. The molecule has 2 N–H and O–H groups in total. The summed E-state index contributed by atoms with van der Waals surface area (Å²) >= 11 is 1.66. The smallest absolute Gasteiger partial charge is 0.119 e. The highest BCUT2D eigenvalue weighted by Crippen LogP contribution is 2.26. The van der Waals surface area contributed by atoms with Gasteiger partial charge in [-0.2, -0.15) is 0 Å². The number of rotatable bonds is 8. The number of hydrogen-bond acceptors (Lipinski definition) is 5. The summed E-state index contributed by atoms with van der Waals surface area (Å²) in [5.74, 6) is 1.62. The minimum Gasteiger partial charge on any atom is -0.491 e. The molecule has 1 fully saturated rings. The summed E-state index contributed by atoms with van der Waals surface area (Å²) < 4.78 is 7.71. The zero-order valence-electron chi connectivity index (χ0n) is 13.1. The largest absolute Gasteiger partial charge is 0.491 e. The molecule has 0 amide bonds. The van der Waals surface area contributed by atoms with E-state index in [1.54, 1.807) is 11.9 Å². The molecular formula is C16H26N2O2S. The minimum absolute atomic E-state index is 0.326. The zero-order chi connectivity index (χ0) is 15.2. The molecule has 2 rings (SSSR count). The van der Waals surface area contributed by atoms with Gasteiger partial charge in [-0.1, -0.05) is 18.9 Å². The van der Waals surface area contributed by atoms with E-state index >= 15 is 0 Å². The van der Waals surface area contributed by atoms with Crippen LogP contribution in [0.4, 0.5) is 5.69 Å². The highest BCUT2D eigenvalue weighted by atomic mass is 32.2. The standard InChI is InChI=1S/C16H26N2O2S/c1-12-8-13(9-12)17-10-15(19)11-20-16-6-4-14(5-7-16)18(2)21-3/h4-7,12-13,15,17,19H,8-11H2,1-3H3. The molecule has 0 spiro atoms. The normalized spacial score (nSPS) is 22.5. The molecule has 1 saturated carbocycles. The molecule has 21 heavy (non-hydrogen) atoms. The topological polar surface area (TPSA) is 44.7 Å². The SMILES string of the molecule is CSN(C)c1ccc(OCC(O)CNC2CC(C)C2)cc1. The fourth-order valence-corrected chi connectivity index (χ4v) is 2.81. The predicted octanol–water partition coefficient (Wildman–Crippen LogP) is 2.53. The van der Waals surface area contributed by atoms with Gasteiger partial charge in [-0.05, 0) is 43.0 Å². The third-order valence-corrected chi connectivity index (χ3v) is 4.69. The fourth-order valence-electron chi connectivity index (χ4n) is 2.48. The second-order valence-corrected chi connectivity index (χ2v) is 6.73. The van der Waals surface area contributed by atoms with Gasteiger partial charge in [0.15, 0.2) is 0 Å². The lowest BCUT2D eigenvalue weighted by atomic mass is 9.82. The Hall–Kier alpha value is -0.910. The Morgan fingerprint density at radius 3 is 2.62 bits per heavy atom. The molecule has 1 aliphatic carbocycles. The molecule has 1 aromatic carbocycles. The molecule has 0 bridgehead atoms. The summed E-state index contributed by atoms with van der Waals surface area (Å²) in [7, 11) is 2.03. The van der Waals surface area contributed by atoms with Crippen molar-refractivity contribution in [2.45, 2.75) is 31.9 Å². The number of hydrogen-bond donors (Lipinski definition) is 2. The van der Waals surface area contributed by atoms with Crippen molar-refractivity contribution in [1.82, 2.24) is 5.32 Å².